The molecule has 6 nitrogen and oxygen atoms in total. The minimum Gasteiger partial charge on any atom is -0.369 e. The Morgan fingerprint density at radius 1 is 0.960 bits per heavy atom. The van der Waals surface area contributed by atoms with Crippen LogP contribution in [0.2, 0.25) is 0 Å². The molecule has 0 aromatic heterocycles. The highest BCUT2D eigenvalue weighted by Crippen LogP contribution is 2.19. The molecule has 0 aliphatic carbocycles. The molecule has 0 heterocycles. The lowest BCUT2D eigenvalue weighted by molar-refractivity contribution is 0.102. The third-order valence-electron chi connectivity index (χ3n) is 3.84. The zero-order valence-corrected chi connectivity index (χ0v) is 14.7. The van der Waals surface area contributed by atoms with Crippen LogP contribution in [-0.4, -0.2) is 24.5 Å². The minimum absolute atomic E-state index is 0.185. The van der Waals surface area contributed by atoms with Crippen LogP contribution in [0.5, 0.6) is 0 Å². The van der Waals surface area contributed by atoms with Crippen molar-refractivity contribution in [3.63, 3.8) is 0 Å². The molecule has 4 N–H and O–H groups in total. The van der Waals surface area contributed by atoms with Crippen LogP contribution in [0.15, 0.2) is 48.5 Å². The molecule has 3 amide bonds. The van der Waals surface area contributed by atoms with Gasteiger partial charge >= 0.3 is 6.03 Å². The van der Waals surface area contributed by atoms with Crippen LogP contribution in [0.25, 0.3) is 0 Å². The number of rotatable bonds is 6. The van der Waals surface area contributed by atoms with Gasteiger partial charge in [-0.05, 0) is 69.3 Å². The summed E-state index contributed by atoms with van der Waals surface area (Å²) in [6.07, 6.45) is 0. The molecule has 0 bridgehead atoms. The van der Waals surface area contributed by atoms with Crippen molar-refractivity contribution in [1.82, 2.24) is 0 Å². The molecule has 0 saturated heterocycles. The van der Waals surface area contributed by atoms with Crippen molar-refractivity contribution < 1.29 is 9.59 Å². The van der Waals surface area contributed by atoms with Crippen molar-refractivity contribution >= 4 is 29.0 Å². The number of carbonyl (C=O) groups is 2. The summed E-state index contributed by atoms with van der Waals surface area (Å²) in [5, 5.41) is 5.30. The predicted molar refractivity (Wildman–Crippen MR) is 102 cm³/mol. The average Bonchev–Trinajstić information content (AvgIpc) is 2.57. The Kier molecular flexibility index (Phi) is 6.00. The van der Waals surface area contributed by atoms with E-state index in [4.69, 9.17) is 5.73 Å². The summed E-state index contributed by atoms with van der Waals surface area (Å²) in [4.78, 5) is 25.4. The van der Waals surface area contributed by atoms with Gasteiger partial charge in [-0.1, -0.05) is 0 Å². The van der Waals surface area contributed by atoms with Crippen LogP contribution >= 0.6 is 0 Å². The highest BCUT2D eigenvalue weighted by molar-refractivity contribution is 6.04. The quantitative estimate of drug-likeness (QED) is 0.750. The van der Waals surface area contributed by atoms with Crippen molar-refractivity contribution in [2.75, 3.05) is 22.1 Å². The first-order valence-electron chi connectivity index (χ1n) is 8.25. The lowest BCUT2D eigenvalue weighted by Gasteiger charge is -2.27. The lowest BCUT2D eigenvalue weighted by atomic mass is 10.1. The van der Waals surface area contributed by atoms with Crippen molar-refractivity contribution in [3.8, 4) is 0 Å². The van der Waals surface area contributed by atoms with E-state index in [1.165, 1.54) is 0 Å². The zero-order valence-electron chi connectivity index (χ0n) is 14.7. The Morgan fingerprint density at radius 3 is 1.92 bits per heavy atom. The van der Waals surface area contributed by atoms with Crippen molar-refractivity contribution in [3.05, 3.63) is 54.1 Å². The van der Waals surface area contributed by atoms with E-state index in [0.29, 0.717) is 23.0 Å². The maximum Gasteiger partial charge on any atom is 0.316 e. The zero-order chi connectivity index (χ0) is 18.4. The number of hydrogen-bond donors (Lipinski definition) is 3. The first-order chi connectivity index (χ1) is 11.9. The lowest BCUT2D eigenvalue weighted by Crippen LogP contribution is -2.30. The molecule has 132 valence electrons. The smallest absolute Gasteiger partial charge is 0.316 e. The Hall–Kier alpha value is -3.02. The molecule has 6 heteroatoms. The third kappa shape index (κ3) is 4.97. The first-order valence-corrected chi connectivity index (χ1v) is 8.25. The number of nitrogens with two attached hydrogens (primary N) is 1. The first kappa shape index (κ1) is 18.3. The molecule has 2 aromatic rings. The van der Waals surface area contributed by atoms with Crippen molar-refractivity contribution in [1.29, 1.82) is 0 Å². The number of anilines is 3. The summed E-state index contributed by atoms with van der Waals surface area (Å²) in [5.41, 5.74) is 7.95. The minimum atomic E-state index is -0.626. The van der Waals surface area contributed by atoms with E-state index in [1.54, 1.807) is 24.3 Å². The second kappa shape index (κ2) is 8.19. The maximum absolute atomic E-state index is 12.3. The summed E-state index contributed by atoms with van der Waals surface area (Å²) in [7, 11) is 0. The highest BCUT2D eigenvalue weighted by atomic mass is 16.2. The summed E-state index contributed by atoms with van der Waals surface area (Å²) in [6, 6.07) is 14.1. The number of primary amides is 1. The molecule has 0 radical (unpaired) electrons. The van der Waals surface area contributed by atoms with E-state index in [9.17, 15) is 9.59 Å². The molecular formula is C19H24N4O2. The summed E-state index contributed by atoms with van der Waals surface area (Å²) >= 11 is 0. The van der Waals surface area contributed by atoms with E-state index in [-0.39, 0.29) is 5.91 Å². The number of urea groups is 1. The standard InChI is InChI=1S/C19H24N4O2/c1-4-23(13(2)3)17-11-5-14(6-12-17)18(24)21-15-7-9-16(10-8-15)22-19(20)25/h5-13H,4H2,1-3H3,(H,21,24)(H3,20,22,25). The Morgan fingerprint density at radius 2 is 1.48 bits per heavy atom. The number of nitrogens with one attached hydrogen (secondary N) is 2. The van der Waals surface area contributed by atoms with Crippen LogP contribution in [0.1, 0.15) is 31.1 Å². The second-order valence-electron chi connectivity index (χ2n) is 5.95. The van der Waals surface area contributed by atoms with E-state index >= 15 is 0 Å². The van der Waals surface area contributed by atoms with Crippen LogP contribution < -0.4 is 21.3 Å². The number of nitrogens with zero attached hydrogens (tertiary/aromatic N) is 1. The molecule has 0 aliphatic heterocycles. The summed E-state index contributed by atoms with van der Waals surface area (Å²) in [5.74, 6) is -0.185. The predicted octanol–water partition coefficient (Wildman–Crippen LogP) is 3.66. The second-order valence-corrected chi connectivity index (χ2v) is 5.95. The topological polar surface area (TPSA) is 87.5 Å². The maximum atomic E-state index is 12.3. The van der Waals surface area contributed by atoms with Gasteiger partial charge in [-0.2, -0.15) is 0 Å². The van der Waals surface area contributed by atoms with Gasteiger partial charge in [0.2, 0.25) is 0 Å². The monoisotopic (exact) mass is 340 g/mol. The Bertz CT molecular complexity index is 724. The van der Waals surface area contributed by atoms with Crippen molar-refractivity contribution in [2.45, 2.75) is 26.8 Å². The normalized spacial score (nSPS) is 10.4. The third-order valence-corrected chi connectivity index (χ3v) is 3.84. The summed E-state index contributed by atoms with van der Waals surface area (Å²) in [6.45, 7) is 7.30. The fourth-order valence-electron chi connectivity index (χ4n) is 2.63. The largest absolute Gasteiger partial charge is 0.369 e. The average molecular weight is 340 g/mol. The molecule has 0 aliphatic rings. The van der Waals surface area contributed by atoms with Gasteiger partial charge in [-0.3, -0.25) is 4.79 Å². The SMILES string of the molecule is CCN(c1ccc(C(=O)Nc2ccc(NC(N)=O)cc2)cc1)C(C)C. The van der Waals surface area contributed by atoms with Crippen LogP contribution in [0.3, 0.4) is 0 Å². The Balaban J connectivity index is 2.04. The molecule has 0 spiro atoms. The fourth-order valence-corrected chi connectivity index (χ4v) is 2.63. The molecule has 0 unspecified atom stereocenters. The van der Waals surface area contributed by atoms with Gasteiger partial charge in [0.15, 0.2) is 0 Å². The molecule has 0 fully saturated rings. The van der Waals surface area contributed by atoms with Crippen LogP contribution in [0, 0.1) is 0 Å². The van der Waals surface area contributed by atoms with Gasteiger partial charge in [-0.15, -0.1) is 0 Å². The van der Waals surface area contributed by atoms with E-state index < -0.39 is 6.03 Å². The Labute approximate surface area is 148 Å². The van der Waals surface area contributed by atoms with Gasteiger partial charge in [0.05, 0.1) is 0 Å². The van der Waals surface area contributed by atoms with Crippen LogP contribution in [-0.2, 0) is 0 Å². The molecule has 0 saturated carbocycles. The molecule has 2 aromatic carbocycles. The number of hydrogen-bond acceptors (Lipinski definition) is 3. The molecule has 25 heavy (non-hydrogen) atoms. The number of carbonyl (C=O) groups excluding carboxylic acids is 2. The van der Waals surface area contributed by atoms with Crippen molar-refractivity contribution in [2.24, 2.45) is 5.73 Å². The number of benzene rings is 2. The van der Waals surface area contributed by atoms with E-state index in [0.717, 1.165) is 12.2 Å². The summed E-state index contributed by atoms with van der Waals surface area (Å²) < 4.78 is 0. The highest BCUT2D eigenvalue weighted by Gasteiger charge is 2.10. The number of amides is 3. The van der Waals surface area contributed by atoms with E-state index in [1.807, 2.05) is 24.3 Å². The van der Waals surface area contributed by atoms with Gasteiger partial charge in [0.25, 0.3) is 5.91 Å². The molecule has 0 atom stereocenters. The molecule has 2 rings (SSSR count). The van der Waals surface area contributed by atoms with Gasteiger partial charge in [0, 0.05) is 35.2 Å². The van der Waals surface area contributed by atoms with E-state index in [2.05, 4.69) is 36.3 Å². The van der Waals surface area contributed by atoms with Gasteiger partial charge in [0.1, 0.15) is 0 Å². The molecular weight excluding hydrogens is 316 g/mol. The van der Waals surface area contributed by atoms with Gasteiger partial charge < -0.3 is 21.3 Å². The van der Waals surface area contributed by atoms with Crippen LogP contribution in [0.4, 0.5) is 21.9 Å². The fraction of sp³-hybridized carbons (Fsp3) is 0.263. The van der Waals surface area contributed by atoms with Gasteiger partial charge in [-0.25, -0.2) is 4.79 Å².